The molecule has 0 saturated heterocycles. The van der Waals surface area contributed by atoms with E-state index in [-0.39, 0.29) is 6.61 Å². The number of aliphatic hydroxyl groups is 1. The van der Waals surface area contributed by atoms with Crippen molar-refractivity contribution in [2.75, 3.05) is 6.61 Å². The monoisotopic (exact) mass is 233 g/mol. The summed E-state index contributed by atoms with van der Waals surface area (Å²) in [5.74, 6) is 0. The topological polar surface area (TPSA) is 33.1 Å². The Morgan fingerprint density at radius 2 is 2.00 bits per heavy atom. The van der Waals surface area contributed by atoms with Gasteiger partial charge in [-0.3, -0.25) is 0 Å². The zero-order valence-corrected chi connectivity index (χ0v) is 10.3. The van der Waals surface area contributed by atoms with E-state index in [1.807, 2.05) is 19.1 Å². The lowest BCUT2D eigenvalue weighted by Crippen LogP contribution is -1.88. The number of aryl methyl sites for hydroxylation is 2. The van der Waals surface area contributed by atoms with Crippen molar-refractivity contribution < 1.29 is 5.11 Å². The fraction of sp³-hybridized carbons (Fsp3) is 0.308. The van der Waals surface area contributed by atoms with Crippen LogP contribution in [0.25, 0.3) is 10.4 Å². The molecule has 16 heavy (non-hydrogen) atoms. The Balaban J connectivity index is 2.44. The molecule has 0 amide bonds. The normalized spacial score (nSPS) is 10.7. The summed E-state index contributed by atoms with van der Waals surface area (Å²) in [6.45, 7) is 4.31. The Morgan fingerprint density at radius 1 is 1.25 bits per heavy atom. The van der Waals surface area contributed by atoms with Gasteiger partial charge in [-0.15, -0.1) is 11.3 Å². The highest BCUT2D eigenvalue weighted by atomic mass is 32.1. The molecule has 84 valence electrons. The summed E-state index contributed by atoms with van der Waals surface area (Å²) in [4.78, 5) is 5.70. The van der Waals surface area contributed by atoms with Crippen molar-refractivity contribution in [1.82, 2.24) is 4.98 Å². The van der Waals surface area contributed by atoms with Crippen molar-refractivity contribution in [3.63, 3.8) is 0 Å². The van der Waals surface area contributed by atoms with Gasteiger partial charge in [-0.25, -0.2) is 4.98 Å². The van der Waals surface area contributed by atoms with Crippen LogP contribution >= 0.6 is 11.3 Å². The molecule has 0 aliphatic heterocycles. The molecule has 2 rings (SSSR count). The third-order valence-corrected chi connectivity index (χ3v) is 3.81. The standard InChI is InChI=1S/C13H15NOS/c1-9-5-3-4-6-11(9)13-10(2)14-12(16-13)7-8-15/h3-6,15H,7-8H2,1-2H3. The van der Waals surface area contributed by atoms with Gasteiger partial charge in [0.05, 0.1) is 15.6 Å². The number of rotatable bonds is 3. The Kier molecular flexibility index (Phi) is 3.36. The second kappa shape index (κ2) is 4.76. The second-order valence-electron chi connectivity index (χ2n) is 3.81. The number of hydrogen-bond acceptors (Lipinski definition) is 3. The lowest BCUT2D eigenvalue weighted by atomic mass is 10.1. The zero-order chi connectivity index (χ0) is 11.5. The van der Waals surface area contributed by atoms with Gasteiger partial charge in [-0.05, 0) is 25.0 Å². The van der Waals surface area contributed by atoms with Gasteiger partial charge in [0.1, 0.15) is 0 Å². The first-order valence-corrected chi connectivity index (χ1v) is 6.17. The Bertz CT molecular complexity index is 490. The first kappa shape index (κ1) is 11.3. The van der Waals surface area contributed by atoms with Gasteiger partial charge in [-0.1, -0.05) is 24.3 Å². The van der Waals surface area contributed by atoms with Crippen LogP contribution < -0.4 is 0 Å². The van der Waals surface area contributed by atoms with Gasteiger partial charge in [0, 0.05) is 13.0 Å². The molecule has 0 aliphatic rings. The van der Waals surface area contributed by atoms with E-state index < -0.39 is 0 Å². The molecule has 0 saturated carbocycles. The van der Waals surface area contributed by atoms with Crippen LogP contribution in [0.4, 0.5) is 0 Å². The molecule has 2 nitrogen and oxygen atoms in total. The Labute approximate surface area is 99.6 Å². The van der Waals surface area contributed by atoms with Gasteiger partial charge in [-0.2, -0.15) is 0 Å². The molecular weight excluding hydrogens is 218 g/mol. The number of nitrogens with zero attached hydrogens (tertiary/aromatic N) is 1. The Morgan fingerprint density at radius 3 is 2.69 bits per heavy atom. The third kappa shape index (κ3) is 2.15. The SMILES string of the molecule is Cc1ccccc1-c1sc(CCO)nc1C. The molecule has 2 aromatic rings. The quantitative estimate of drug-likeness (QED) is 0.884. The molecular formula is C13H15NOS. The zero-order valence-electron chi connectivity index (χ0n) is 9.53. The molecule has 0 atom stereocenters. The predicted octanol–water partition coefficient (Wildman–Crippen LogP) is 2.96. The van der Waals surface area contributed by atoms with Gasteiger partial charge >= 0.3 is 0 Å². The molecule has 0 aliphatic carbocycles. The van der Waals surface area contributed by atoms with Gasteiger partial charge in [0.15, 0.2) is 0 Å². The number of benzene rings is 1. The third-order valence-electron chi connectivity index (χ3n) is 2.56. The first-order valence-electron chi connectivity index (χ1n) is 5.35. The molecule has 1 heterocycles. The number of aromatic nitrogens is 1. The molecule has 1 N–H and O–H groups in total. The van der Waals surface area contributed by atoms with Crippen LogP contribution in [-0.2, 0) is 6.42 Å². The maximum absolute atomic E-state index is 8.91. The van der Waals surface area contributed by atoms with Crippen LogP contribution in [0.1, 0.15) is 16.3 Å². The highest BCUT2D eigenvalue weighted by Gasteiger charge is 2.10. The highest BCUT2D eigenvalue weighted by molar-refractivity contribution is 7.15. The smallest absolute Gasteiger partial charge is 0.0957 e. The average Bonchev–Trinajstić information content (AvgIpc) is 2.61. The van der Waals surface area contributed by atoms with Crippen molar-refractivity contribution in [3.8, 4) is 10.4 Å². The number of hydrogen-bond donors (Lipinski definition) is 1. The largest absolute Gasteiger partial charge is 0.396 e. The van der Waals surface area contributed by atoms with Gasteiger partial charge in [0.2, 0.25) is 0 Å². The van der Waals surface area contributed by atoms with E-state index in [2.05, 4.69) is 24.0 Å². The van der Waals surface area contributed by atoms with Crippen molar-refractivity contribution in [3.05, 3.63) is 40.5 Å². The van der Waals surface area contributed by atoms with Crippen LogP contribution in [0.3, 0.4) is 0 Å². The van der Waals surface area contributed by atoms with Crippen molar-refractivity contribution in [2.24, 2.45) is 0 Å². The summed E-state index contributed by atoms with van der Waals surface area (Å²) < 4.78 is 0. The lowest BCUT2D eigenvalue weighted by Gasteiger charge is -2.02. The van der Waals surface area contributed by atoms with Gasteiger partial charge in [0.25, 0.3) is 0 Å². The van der Waals surface area contributed by atoms with E-state index in [9.17, 15) is 0 Å². The second-order valence-corrected chi connectivity index (χ2v) is 4.89. The van der Waals surface area contributed by atoms with E-state index in [0.29, 0.717) is 6.42 Å². The molecule has 1 aromatic carbocycles. The molecule has 0 fully saturated rings. The fourth-order valence-electron chi connectivity index (χ4n) is 1.73. The molecule has 1 aromatic heterocycles. The lowest BCUT2D eigenvalue weighted by molar-refractivity contribution is 0.299. The Hall–Kier alpha value is -1.19. The number of thiazole rings is 1. The number of aliphatic hydroxyl groups excluding tert-OH is 1. The summed E-state index contributed by atoms with van der Waals surface area (Å²) in [6, 6.07) is 8.33. The van der Waals surface area contributed by atoms with Gasteiger partial charge < -0.3 is 5.11 Å². The molecule has 0 unspecified atom stereocenters. The summed E-state index contributed by atoms with van der Waals surface area (Å²) in [6.07, 6.45) is 0.650. The molecule has 0 spiro atoms. The molecule has 0 bridgehead atoms. The summed E-state index contributed by atoms with van der Waals surface area (Å²) in [5.41, 5.74) is 3.58. The molecule has 0 radical (unpaired) electrons. The maximum Gasteiger partial charge on any atom is 0.0957 e. The highest BCUT2D eigenvalue weighted by Crippen LogP contribution is 2.32. The van der Waals surface area contributed by atoms with E-state index in [1.54, 1.807) is 11.3 Å². The molecule has 3 heteroatoms. The van der Waals surface area contributed by atoms with Crippen LogP contribution in [0.15, 0.2) is 24.3 Å². The minimum atomic E-state index is 0.167. The minimum absolute atomic E-state index is 0.167. The summed E-state index contributed by atoms with van der Waals surface area (Å²) in [7, 11) is 0. The van der Waals surface area contributed by atoms with E-state index >= 15 is 0 Å². The fourth-order valence-corrected chi connectivity index (χ4v) is 2.88. The predicted molar refractivity (Wildman–Crippen MR) is 67.8 cm³/mol. The van der Waals surface area contributed by atoms with Crippen molar-refractivity contribution >= 4 is 11.3 Å². The summed E-state index contributed by atoms with van der Waals surface area (Å²) in [5, 5.41) is 9.92. The first-order chi connectivity index (χ1) is 7.72. The van der Waals surface area contributed by atoms with Crippen LogP contribution in [0.2, 0.25) is 0 Å². The summed E-state index contributed by atoms with van der Waals surface area (Å²) >= 11 is 1.68. The van der Waals surface area contributed by atoms with E-state index in [1.165, 1.54) is 16.0 Å². The van der Waals surface area contributed by atoms with Crippen molar-refractivity contribution in [2.45, 2.75) is 20.3 Å². The van der Waals surface area contributed by atoms with Crippen LogP contribution in [0, 0.1) is 13.8 Å². The maximum atomic E-state index is 8.91. The minimum Gasteiger partial charge on any atom is -0.396 e. The van der Waals surface area contributed by atoms with E-state index in [0.717, 1.165) is 10.7 Å². The van der Waals surface area contributed by atoms with Crippen molar-refractivity contribution in [1.29, 1.82) is 0 Å². The van der Waals surface area contributed by atoms with Crippen LogP contribution in [0.5, 0.6) is 0 Å². The van der Waals surface area contributed by atoms with Crippen LogP contribution in [-0.4, -0.2) is 16.7 Å². The van der Waals surface area contributed by atoms with E-state index in [4.69, 9.17) is 5.11 Å². The average molecular weight is 233 g/mol.